The van der Waals surface area contributed by atoms with E-state index in [-0.39, 0.29) is 5.91 Å². The quantitative estimate of drug-likeness (QED) is 0.565. The number of rotatable bonds is 7. The molecule has 102 valence electrons. The van der Waals surface area contributed by atoms with Gasteiger partial charge in [-0.1, -0.05) is 0 Å². The summed E-state index contributed by atoms with van der Waals surface area (Å²) in [5.41, 5.74) is 0.955. The predicted octanol–water partition coefficient (Wildman–Crippen LogP) is 0.946. The Morgan fingerprint density at radius 2 is 2.26 bits per heavy atom. The zero-order valence-electron chi connectivity index (χ0n) is 10.6. The number of carboxylic acid groups (broad SMARTS) is 1. The molecule has 0 aliphatic heterocycles. The molecule has 0 spiro atoms. The lowest BCUT2D eigenvalue weighted by Crippen LogP contribution is -2.25. The van der Waals surface area contributed by atoms with E-state index in [0.717, 1.165) is 12.5 Å². The van der Waals surface area contributed by atoms with Crippen LogP contribution >= 0.6 is 0 Å². The SMILES string of the molecule is COCCCNC(=O)c1cncc(C=CC(=O)O)c1. The molecule has 1 heterocycles. The first-order chi connectivity index (χ1) is 9.13. The Morgan fingerprint density at radius 3 is 2.95 bits per heavy atom. The molecular weight excluding hydrogens is 248 g/mol. The normalized spacial score (nSPS) is 10.6. The minimum atomic E-state index is -1.05. The second kappa shape index (κ2) is 7.99. The van der Waals surface area contributed by atoms with Gasteiger partial charge in [0.2, 0.25) is 0 Å². The molecule has 0 radical (unpaired) electrons. The van der Waals surface area contributed by atoms with Crippen molar-refractivity contribution < 1.29 is 19.4 Å². The number of aromatic nitrogens is 1. The predicted molar refractivity (Wildman–Crippen MR) is 69.7 cm³/mol. The van der Waals surface area contributed by atoms with Crippen LogP contribution in [0, 0.1) is 0 Å². The number of aliphatic carboxylic acids is 1. The molecule has 0 atom stereocenters. The molecule has 0 aromatic carbocycles. The van der Waals surface area contributed by atoms with Gasteiger partial charge in [0.05, 0.1) is 5.56 Å². The van der Waals surface area contributed by atoms with Crippen molar-refractivity contribution in [1.82, 2.24) is 10.3 Å². The van der Waals surface area contributed by atoms with Gasteiger partial charge in [-0.15, -0.1) is 0 Å². The van der Waals surface area contributed by atoms with Gasteiger partial charge in [-0.25, -0.2) is 4.79 Å². The summed E-state index contributed by atoms with van der Waals surface area (Å²) in [6, 6.07) is 1.58. The van der Waals surface area contributed by atoms with Gasteiger partial charge in [-0.05, 0) is 24.1 Å². The Balaban J connectivity index is 2.60. The minimum Gasteiger partial charge on any atom is -0.478 e. The smallest absolute Gasteiger partial charge is 0.328 e. The highest BCUT2D eigenvalue weighted by atomic mass is 16.5. The first-order valence-electron chi connectivity index (χ1n) is 5.76. The number of nitrogens with zero attached hydrogens (tertiary/aromatic N) is 1. The van der Waals surface area contributed by atoms with Crippen LogP contribution in [-0.4, -0.2) is 42.2 Å². The molecule has 6 nitrogen and oxygen atoms in total. The third-order valence-corrected chi connectivity index (χ3v) is 2.25. The van der Waals surface area contributed by atoms with Crippen LogP contribution in [0.5, 0.6) is 0 Å². The maximum atomic E-state index is 11.8. The monoisotopic (exact) mass is 264 g/mol. The number of amides is 1. The van der Waals surface area contributed by atoms with Crippen molar-refractivity contribution in [3.63, 3.8) is 0 Å². The van der Waals surface area contributed by atoms with E-state index in [2.05, 4.69) is 10.3 Å². The number of ether oxygens (including phenoxy) is 1. The average molecular weight is 264 g/mol. The van der Waals surface area contributed by atoms with E-state index in [9.17, 15) is 9.59 Å². The molecular formula is C13H16N2O4. The number of carbonyl (C=O) groups is 2. The molecule has 19 heavy (non-hydrogen) atoms. The first-order valence-corrected chi connectivity index (χ1v) is 5.76. The average Bonchev–Trinajstić information content (AvgIpc) is 2.41. The second-order valence-corrected chi connectivity index (χ2v) is 3.78. The summed E-state index contributed by atoms with van der Waals surface area (Å²) >= 11 is 0. The van der Waals surface area contributed by atoms with Gasteiger partial charge in [0, 0.05) is 38.7 Å². The van der Waals surface area contributed by atoms with E-state index >= 15 is 0 Å². The topological polar surface area (TPSA) is 88.5 Å². The Morgan fingerprint density at radius 1 is 1.47 bits per heavy atom. The van der Waals surface area contributed by atoms with E-state index in [1.807, 2.05) is 0 Å². The third-order valence-electron chi connectivity index (χ3n) is 2.25. The Labute approximate surface area is 111 Å². The molecule has 1 aromatic rings. The molecule has 1 aromatic heterocycles. The zero-order chi connectivity index (χ0) is 14.1. The Hall–Kier alpha value is -2.21. The van der Waals surface area contributed by atoms with Crippen molar-refractivity contribution in [3.8, 4) is 0 Å². The summed E-state index contributed by atoms with van der Waals surface area (Å²) in [5.74, 6) is -1.29. The van der Waals surface area contributed by atoms with Gasteiger partial charge in [-0.2, -0.15) is 0 Å². The molecule has 0 aliphatic carbocycles. The minimum absolute atomic E-state index is 0.242. The lowest BCUT2D eigenvalue weighted by atomic mass is 10.2. The van der Waals surface area contributed by atoms with Gasteiger partial charge in [-0.3, -0.25) is 9.78 Å². The van der Waals surface area contributed by atoms with Crippen LogP contribution in [0.4, 0.5) is 0 Å². The number of carboxylic acids is 1. The second-order valence-electron chi connectivity index (χ2n) is 3.78. The molecule has 1 amide bonds. The lowest BCUT2D eigenvalue weighted by molar-refractivity contribution is -0.131. The number of methoxy groups -OCH3 is 1. The molecule has 0 saturated heterocycles. The van der Waals surface area contributed by atoms with Crippen molar-refractivity contribution >= 4 is 18.0 Å². The van der Waals surface area contributed by atoms with Gasteiger partial charge < -0.3 is 15.2 Å². The molecule has 0 fully saturated rings. The highest BCUT2D eigenvalue weighted by molar-refractivity contribution is 5.94. The van der Waals surface area contributed by atoms with Crippen LogP contribution in [0.3, 0.4) is 0 Å². The zero-order valence-corrected chi connectivity index (χ0v) is 10.6. The fraction of sp³-hybridized carbons (Fsp3) is 0.308. The molecule has 0 aliphatic rings. The highest BCUT2D eigenvalue weighted by Gasteiger charge is 2.05. The molecule has 0 saturated carbocycles. The molecule has 6 heteroatoms. The highest BCUT2D eigenvalue weighted by Crippen LogP contribution is 2.05. The van der Waals surface area contributed by atoms with Crippen LogP contribution in [0.15, 0.2) is 24.5 Å². The lowest BCUT2D eigenvalue weighted by Gasteiger charge is -2.05. The summed E-state index contributed by atoms with van der Waals surface area (Å²) in [7, 11) is 1.60. The molecule has 1 rings (SSSR count). The van der Waals surface area contributed by atoms with Crippen LogP contribution < -0.4 is 5.32 Å². The van der Waals surface area contributed by atoms with E-state index < -0.39 is 5.97 Å². The van der Waals surface area contributed by atoms with Gasteiger partial charge in [0.1, 0.15) is 0 Å². The van der Waals surface area contributed by atoms with Gasteiger partial charge in [0.15, 0.2) is 0 Å². The fourth-order valence-electron chi connectivity index (χ4n) is 1.36. The summed E-state index contributed by atoms with van der Waals surface area (Å²) in [4.78, 5) is 26.1. The number of hydrogen-bond donors (Lipinski definition) is 2. The summed E-state index contributed by atoms with van der Waals surface area (Å²) in [6.45, 7) is 1.10. The molecule has 0 bridgehead atoms. The number of nitrogens with one attached hydrogen (secondary N) is 1. The van der Waals surface area contributed by atoms with Crippen molar-refractivity contribution in [3.05, 3.63) is 35.7 Å². The summed E-state index contributed by atoms with van der Waals surface area (Å²) in [6.07, 6.45) is 6.04. The van der Waals surface area contributed by atoms with Crippen molar-refractivity contribution in [2.24, 2.45) is 0 Å². The van der Waals surface area contributed by atoms with E-state index in [0.29, 0.717) is 24.3 Å². The van der Waals surface area contributed by atoms with Crippen LogP contribution in [0.2, 0.25) is 0 Å². The Kier molecular flexibility index (Phi) is 6.25. The van der Waals surface area contributed by atoms with Crippen LogP contribution in [0.1, 0.15) is 22.3 Å². The fourth-order valence-corrected chi connectivity index (χ4v) is 1.36. The molecule has 2 N–H and O–H groups in total. The van der Waals surface area contributed by atoms with E-state index in [1.165, 1.54) is 18.5 Å². The standard InChI is InChI=1S/C13H16N2O4/c1-19-6-2-5-15-13(18)11-7-10(8-14-9-11)3-4-12(16)17/h3-4,7-9H,2,5-6H2,1H3,(H,15,18)(H,16,17). The Bertz CT molecular complexity index is 471. The van der Waals surface area contributed by atoms with Crippen molar-refractivity contribution in [2.75, 3.05) is 20.3 Å². The third kappa shape index (κ3) is 5.78. The largest absolute Gasteiger partial charge is 0.478 e. The number of hydrogen-bond acceptors (Lipinski definition) is 4. The number of carbonyl (C=O) groups excluding carboxylic acids is 1. The summed E-state index contributed by atoms with van der Waals surface area (Å²) in [5, 5.41) is 11.2. The molecule has 0 unspecified atom stereocenters. The van der Waals surface area contributed by atoms with Gasteiger partial charge in [0.25, 0.3) is 5.91 Å². The van der Waals surface area contributed by atoms with Crippen molar-refractivity contribution in [2.45, 2.75) is 6.42 Å². The first kappa shape index (κ1) is 14.8. The van der Waals surface area contributed by atoms with E-state index in [1.54, 1.807) is 13.2 Å². The van der Waals surface area contributed by atoms with Crippen LogP contribution in [0.25, 0.3) is 6.08 Å². The number of pyridine rings is 1. The van der Waals surface area contributed by atoms with Crippen LogP contribution in [-0.2, 0) is 9.53 Å². The van der Waals surface area contributed by atoms with Gasteiger partial charge >= 0.3 is 5.97 Å². The van der Waals surface area contributed by atoms with Crippen molar-refractivity contribution in [1.29, 1.82) is 0 Å². The van der Waals surface area contributed by atoms with E-state index in [4.69, 9.17) is 9.84 Å². The maximum Gasteiger partial charge on any atom is 0.328 e. The maximum absolute atomic E-state index is 11.8. The summed E-state index contributed by atoms with van der Waals surface area (Å²) < 4.78 is 4.87.